The number of rotatable bonds is 9. The second-order valence-corrected chi connectivity index (χ2v) is 9.02. The van der Waals surface area contributed by atoms with Crippen molar-refractivity contribution in [3.63, 3.8) is 0 Å². The van der Waals surface area contributed by atoms with Crippen molar-refractivity contribution in [1.82, 2.24) is 9.55 Å². The summed E-state index contributed by atoms with van der Waals surface area (Å²) in [5.41, 5.74) is 3.87. The highest BCUT2D eigenvalue weighted by atomic mass is 16.5. The molecule has 0 N–H and O–H groups in total. The van der Waals surface area contributed by atoms with E-state index < -0.39 is 0 Å². The van der Waals surface area contributed by atoms with E-state index in [1.807, 2.05) is 54.6 Å². The molecule has 0 bridgehead atoms. The Bertz CT molecular complexity index is 1380. The Morgan fingerprint density at radius 2 is 1.78 bits per heavy atom. The molecule has 1 fully saturated rings. The van der Waals surface area contributed by atoms with Crippen LogP contribution in [-0.2, 0) is 11.3 Å². The largest absolute Gasteiger partial charge is 0.497 e. The van der Waals surface area contributed by atoms with E-state index in [1.54, 1.807) is 19.1 Å². The average molecular weight is 486 g/mol. The van der Waals surface area contributed by atoms with E-state index >= 15 is 0 Å². The number of ether oxygens (including phenoxy) is 3. The number of hydrogen-bond donors (Lipinski definition) is 0. The van der Waals surface area contributed by atoms with Gasteiger partial charge in [-0.2, -0.15) is 0 Å². The third-order valence-corrected chi connectivity index (χ3v) is 6.73. The molecule has 36 heavy (non-hydrogen) atoms. The number of amides is 1. The van der Waals surface area contributed by atoms with Gasteiger partial charge in [0.25, 0.3) is 0 Å². The number of nitrogens with zero attached hydrogens (tertiary/aromatic N) is 3. The molecule has 4 aromatic rings. The Hall–Kier alpha value is -4.00. The first-order valence-electron chi connectivity index (χ1n) is 12.2. The Morgan fingerprint density at radius 1 is 0.972 bits per heavy atom. The first kappa shape index (κ1) is 23.7. The zero-order chi connectivity index (χ0) is 25.1. The van der Waals surface area contributed by atoms with Crippen molar-refractivity contribution in [3.8, 4) is 17.2 Å². The lowest BCUT2D eigenvalue weighted by Crippen LogP contribution is -2.25. The number of aromatic nitrogens is 2. The van der Waals surface area contributed by atoms with Crippen molar-refractivity contribution in [2.75, 3.05) is 32.3 Å². The molecule has 1 aliphatic rings. The molecule has 0 aliphatic carbocycles. The van der Waals surface area contributed by atoms with Gasteiger partial charge < -0.3 is 23.7 Å². The molecule has 0 saturated carbocycles. The first-order chi connectivity index (χ1) is 17.6. The van der Waals surface area contributed by atoms with Crippen LogP contribution < -0.4 is 19.1 Å². The van der Waals surface area contributed by atoms with E-state index in [2.05, 4.69) is 23.6 Å². The molecule has 1 amide bonds. The average Bonchev–Trinajstić information content (AvgIpc) is 3.47. The van der Waals surface area contributed by atoms with E-state index in [0.29, 0.717) is 31.1 Å². The molecular formula is C29H31N3O4. The highest BCUT2D eigenvalue weighted by Gasteiger charge is 2.36. The van der Waals surface area contributed by atoms with Crippen molar-refractivity contribution >= 4 is 22.6 Å². The van der Waals surface area contributed by atoms with Gasteiger partial charge in [0.05, 0.1) is 37.5 Å². The molecule has 3 aromatic carbocycles. The Kier molecular flexibility index (Phi) is 6.80. The number of fused-ring (bicyclic) bond motifs is 1. The van der Waals surface area contributed by atoms with Crippen LogP contribution in [0.4, 0.5) is 5.69 Å². The summed E-state index contributed by atoms with van der Waals surface area (Å²) in [6.07, 6.45) is 1.22. The fourth-order valence-electron chi connectivity index (χ4n) is 4.89. The molecule has 2 heterocycles. The van der Waals surface area contributed by atoms with E-state index in [-0.39, 0.29) is 11.8 Å². The van der Waals surface area contributed by atoms with Crippen LogP contribution in [-0.4, -0.2) is 42.8 Å². The smallest absolute Gasteiger partial charge is 0.227 e. The fourth-order valence-corrected chi connectivity index (χ4v) is 4.89. The minimum atomic E-state index is -0.0295. The predicted molar refractivity (Wildman–Crippen MR) is 140 cm³/mol. The maximum atomic E-state index is 13.2. The van der Waals surface area contributed by atoms with Crippen LogP contribution in [0.1, 0.15) is 30.1 Å². The van der Waals surface area contributed by atoms with Crippen molar-refractivity contribution in [3.05, 3.63) is 78.1 Å². The number of benzene rings is 3. The molecule has 1 aliphatic heterocycles. The lowest BCUT2D eigenvalue weighted by Gasteiger charge is -2.20. The minimum absolute atomic E-state index is 0.0295. The van der Waals surface area contributed by atoms with Gasteiger partial charge in [-0.1, -0.05) is 30.3 Å². The molecule has 7 nitrogen and oxygen atoms in total. The summed E-state index contributed by atoms with van der Waals surface area (Å²) in [4.78, 5) is 19.9. The fraction of sp³-hybridized carbons (Fsp3) is 0.310. The lowest BCUT2D eigenvalue weighted by molar-refractivity contribution is -0.117. The van der Waals surface area contributed by atoms with E-state index in [0.717, 1.165) is 46.8 Å². The highest BCUT2D eigenvalue weighted by molar-refractivity contribution is 5.98. The highest BCUT2D eigenvalue weighted by Crippen LogP contribution is 2.39. The van der Waals surface area contributed by atoms with Gasteiger partial charge in [-0.05, 0) is 49.2 Å². The Balaban J connectivity index is 1.38. The van der Waals surface area contributed by atoms with Crippen LogP contribution >= 0.6 is 0 Å². The third-order valence-electron chi connectivity index (χ3n) is 6.73. The maximum absolute atomic E-state index is 13.2. The molecular weight excluding hydrogens is 454 g/mol. The SMILES string of the molecule is COc1ccc(OC)c(N2CC(c3nc4ccccc4n3CCCOc3ccccc3C)CC2=O)c1. The van der Waals surface area contributed by atoms with Crippen LogP contribution in [0.15, 0.2) is 66.7 Å². The Labute approximate surface area is 211 Å². The molecule has 0 spiro atoms. The summed E-state index contributed by atoms with van der Waals surface area (Å²) >= 11 is 0. The molecule has 5 rings (SSSR count). The monoisotopic (exact) mass is 485 g/mol. The van der Waals surface area contributed by atoms with Gasteiger partial charge >= 0.3 is 0 Å². The standard InChI is InChI=1S/C29H31N3O4/c1-20-9-4-7-12-26(20)36-16-8-15-31-24-11-6-5-10-23(24)30-29(31)21-17-28(33)32(19-21)25-18-22(34-2)13-14-27(25)35-3/h4-7,9-14,18,21H,8,15-17,19H2,1-3H3. The van der Waals surface area contributed by atoms with Crippen LogP contribution in [0.3, 0.4) is 0 Å². The van der Waals surface area contributed by atoms with Crippen LogP contribution in [0.5, 0.6) is 17.2 Å². The summed E-state index contributed by atoms with van der Waals surface area (Å²) in [6, 6.07) is 21.7. The first-order valence-corrected chi connectivity index (χ1v) is 12.2. The van der Waals surface area contributed by atoms with Crippen molar-refractivity contribution in [1.29, 1.82) is 0 Å². The van der Waals surface area contributed by atoms with Gasteiger partial charge in [0.1, 0.15) is 23.1 Å². The quantitative estimate of drug-likeness (QED) is 0.299. The van der Waals surface area contributed by atoms with E-state index in [9.17, 15) is 4.79 Å². The number of methoxy groups -OCH3 is 2. The van der Waals surface area contributed by atoms with E-state index in [1.165, 1.54) is 0 Å². The topological polar surface area (TPSA) is 65.8 Å². The van der Waals surface area contributed by atoms with Crippen molar-refractivity contribution in [2.45, 2.75) is 32.2 Å². The van der Waals surface area contributed by atoms with Gasteiger partial charge in [-0.15, -0.1) is 0 Å². The number of para-hydroxylation sites is 3. The van der Waals surface area contributed by atoms with Crippen molar-refractivity contribution < 1.29 is 19.0 Å². The second kappa shape index (κ2) is 10.3. The number of anilines is 1. The van der Waals surface area contributed by atoms with Gasteiger partial charge in [0.2, 0.25) is 5.91 Å². The van der Waals surface area contributed by atoms with Crippen LogP contribution in [0.25, 0.3) is 11.0 Å². The molecule has 186 valence electrons. The van der Waals surface area contributed by atoms with Crippen molar-refractivity contribution in [2.24, 2.45) is 0 Å². The number of hydrogen-bond acceptors (Lipinski definition) is 5. The zero-order valence-electron chi connectivity index (χ0n) is 20.9. The normalized spacial score (nSPS) is 15.5. The lowest BCUT2D eigenvalue weighted by atomic mass is 10.1. The summed E-state index contributed by atoms with van der Waals surface area (Å²) < 4.78 is 19.2. The molecule has 1 saturated heterocycles. The molecule has 1 atom stereocenters. The summed E-state index contributed by atoms with van der Waals surface area (Å²) in [5.74, 6) is 3.20. The maximum Gasteiger partial charge on any atom is 0.227 e. The number of carbonyl (C=O) groups excluding carboxylic acids is 1. The third kappa shape index (κ3) is 4.61. The zero-order valence-corrected chi connectivity index (χ0v) is 20.9. The molecule has 1 unspecified atom stereocenters. The van der Waals surface area contributed by atoms with Crippen LogP contribution in [0.2, 0.25) is 0 Å². The second-order valence-electron chi connectivity index (χ2n) is 9.02. The Morgan fingerprint density at radius 3 is 2.58 bits per heavy atom. The van der Waals surface area contributed by atoms with Crippen LogP contribution in [0, 0.1) is 6.92 Å². The van der Waals surface area contributed by atoms with Gasteiger partial charge in [-0.3, -0.25) is 4.79 Å². The predicted octanol–water partition coefficient (Wildman–Crippen LogP) is 5.35. The summed E-state index contributed by atoms with van der Waals surface area (Å²) in [5, 5.41) is 0. The number of imidazole rings is 1. The molecule has 7 heteroatoms. The van der Waals surface area contributed by atoms with Gasteiger partial charge in [0, 0.05) is 31.5 Å². The molecule has 1 aromatic heterocycles. The number of carbonyl (C=O) groups is 1. The summed E-state index contributed by atoms with van der Waals surface area (Å²) in [6.45, 7) is 3.95. The van der Waals surface area contributed by atoms with E-state index in [4.69, 9.17) is 19.2 Å². The number of aryl methyl sites for hydroxylation is 2. The van der Waals surface area contributed by atoms with Gasteiger partial charge in [0.15, 0.2) is 0 Å². The summed E-state index contributed by atoms with van der Waals surface area (Å²) in [7, 11) is 3.23. The van der Waals surface area contributed by atoms with Gasteiger partial charge in [-0.25, -0.2) is 4.98 Å². The minimum Gasteiger partial charge on any atom is -0.497 e. The molecule has 0 radical (unpaired) electrons.